The number of aromatic nitrogens is 15. The molecule has 0 spiro atoms. The van der Waals surface area contributed by atoms with E-state index >= 15 is 0 Å². The lowest BCUT2D eigenvalue weighted by atomic mass is 9.82. The van der Waals surface area contributed by atoms with Gasteiger partial charge in [0.25, 0.3) is 0 Å². The molecule has 0 N–H and O–H groups in total. The van der Waals surface area contributed by atoms with Gasteiger partial charge >= 0.3 is 0 Å². The number of fused-ring (bicyclic) bond motifs is 14. The molecule has 0 fully saturated rings. The first-order valence-corrected chi connectivity index (χ1v) is 42.9. The van der Waals surface area contributed by atoms with E-state index in [1.54, 1.807) is 22.8 Å². The minimum absolute atomic E-state index is 0.0827. The van der Waals surface area contributed by atoms with Gasteiger partial charge in [-0.3, -0.25) is 0 Å². The second kappa shape index (κ2) is 32.6. The summed E-state index contributed by atoms with van der Waals surface area (Å²) < 4.78 is 137. The van der Waals surface area contributed by atoms with Crippen LogP contribution in [0.2, 0.25) is 0 Å². The van der Waals surface area contributed by atoms with Gasteiger partial charge in [0.1, 0.15) is 0 Å². The summed E-state index contributed by atoms with van der Waals surface area (Å²) in [5.41, 5.74) is 17.1. The molecule has 25 rings (SSSR count). The summed E-state index contributed by atoms with van der Waals surface area (Å²) in [6.45, 7) is 4.48. The molecular formula is C117H77N15. The number of nitrogens with zero attached hydrogens (tertiary/aromatic N) is 15. The molecule has 15 nitrogen and oxygen atoms in total. The second-order valence-corrected chi connectivity index (χ2v) is 32.3. The summed E-state index contributed by atoms with van der Waals surface area (Å²) >= 11 is 0. The predicted octanol–water partition coefficient (Wildman–Crippen LogP) is 27.7. The zero-order valence-corrected chi connectivity index (χ0v) is 70.5. The lowest BCUT2D eigenvalue weighted by molar-refractivity contribution is 0.661. The van der Waals surface area contributed by atoms with Gasteiger partial charge < -0.3 is 13.7 Å². The van der Waals surface area contributed by atoms with Gasteiger partial charge in [-0.25, -0.2) is 59.8 Å². The summed E-state index contributed by atoms with van der Waals surface area (Å²) in [4.78, 5) is 60.3. The van der Waals surface area contributed by atoms with Crippen LogP contribution in [0, 0.1) is 0 Å². The number of hydrogen-bond acceptors (Lipinski definition) is 12. The van der Waals surface area contributed by atoms with Crippen LogP contribution >= 0.6 is 0 Å². The first-order chi connectivity index (χ1) is 71.4. The van der Waals surface area contributed by atoms with Crippen molar-refractivity contribution >= 4 is 65.4 Å². The summed E-state index contributed by atoms with van der Waals surface area (Å²) in [7, 11) is 0. The van der Waals surface area contributed by atoms with Crippen molar-refractivity contribution in [3.8, 4) is 165 Å². The Morgan fingerprint density at radius 3 is 0.864 bits per heavy atom. The van der Waals surface area contributed by atoms with E-state index in [1.165, 1.54) is 11.1 Å². The normalized spacial score (nSPS) is 13.7. The van der Waals surface area contributed by atoms with Crippen LogP contribution in [0.5, 0.6) is 0 Å². The summed E-state index contributed by atoms with van der Waals surface area (Å²) in [6.07, 6.45) is 0. The van der Waals surface area contributed by atoms with Crippen LogP contribution in [0.4, 0.5) is 0 Å². The number of benzene rings is 17. The topological polar surface area (TPSA) is 169 Å². The maximum Gasteiger partial charge on any atom is 0.166 e. The van der Waals surface area contributed by atoms with Gasteiger partial charge in [-0.05, 0) is 107 Å². The third kappa shape index (κ3) is 13.7. The molecule has 1 aliphatic rings. The Kier molecular flexibility index (Phi) is 15.6. The molecule has 15 heteroatoms. The van der Waals surface area contributed by atoms with Gasteiger partial charge in [0.15, 0.2) is 69.9 Å². The van der Waals surface area contributed by atoms with E-state index in [9.17, 15) is 0 Å². The smallest absolute Gasteiger partial charge is 0.166 e. The molecule has 0 atom stereocenters. The van der Waals surface area contributed by atoms with E-state index in [-0.39, 0.29) is 69.3 Å². The van der Waals surface area contributed by atoms with Crippen molar-refractivity contribution in [1.29, 1.82) is 0 Å². The molecule has 0 aliphatic heterocycles. The molecule has 0 bridgehead atoms. The fourth-order valence-corrected chi connectivity index (χ4v) is 18.2. The van der Waals surface area contributed by atoms with Crippen molar-refractivity contribution in [3.05, 3.63) is 441 Å². The van der Waals surface area contributed by atoms with Crippen molar-refractivity contribution in [2.24, 2.45) is 0 Å². The Hall–Kier alpha value is -17.8. The highest BCUT2D eigenvalue weighted by atomic mass is 15.1. The lowest BCUT2D eigenvalue weighted by Crippen LogP contribution is -2.14. The summed E-state index contributed by atoms with van der Waals surface area (Å²) in [5.74, 6) is 3.17. The van der Waals surface area contributed by atoms with Crippen LogP contribution in [0.25, 0.3) is 230 Å². The Labute approximate surface area is 781 Å². The van der Waals surface area contributed by atoms with Crippen molar-refractivity contribution in [3.63, 3.8) is 0 Å². The fraction of sp³-hybridized carbons (Fsp3) is 0.0256. The molecule has 132 heavy (non-hydrogen) atoms. The monoisotopic (exact) mass is 1710 g/mol. The standard InChI is InChI=1S/C60H38N8.C57H39N7/c1-6-20-39(21-7-1)55-61-56(40-22-8-2-9-23-40)64-59(63-55)43-34-35-50(47(38-43)60-65-57(41-24-10-3-11-25-41)62-58(66-60)42-26-12-4-13-27-42)68-49-33-19-17-31-46(49)54-52(68)37-36-51-53(54)45-30-16-18-32-48(45)67(51)44-28-14-5-15-29-44;1-57(2)44-29-17-15-27-41(44)49-45(57)32-34-48-50(49)42-28-16-18-30-46(42)64(48)47-33-31-40(55-60-51(36-19-7-3-8-20-36)58-52(61-55)37-21-9-4-10-22-37)35-43(47)56-62-53(38-23-11-5-12-24-38)59-54(63-56)39-25-13-6-14-26-39/h1-38H;3-35H,1-2H3/i5D,14D,15D,28D,29D;3D,5D,7D,8D,11D,12D,19D,20D,23D,24D. The minimum Gasteiger partial charge on any atom is -0.309 e. The first kappa shape index (κ1) is 63.2. The van der Waals surface area contributed by atoms with Crippen molar-refractivity contribution in [2.75, 3.05) is 0 Å². The predicted molar refractivity (Wildman–Crippen MR) is 532 cm³/mol. The average Bonchev–Trinajstić information content (AvgIpc) is 1.54. The van der Waals surface area contributed by atoms with Crippen molar-refractivity contribution < 1.29 is 20.6 Å². The van der Waals surface area contributed by atoms with Gasteiger partial charge in [-0.15, -0.1) is 0 Å². The molecule has 0 unspecified atom stereocenters. The maximum absolute atomic E-state index is 9.08. The molecule has 0 amide bonds. The zero-order valence-electron chi connectivity index (χ0n) is 85.5. The quantitative estimate of drug-likeness (QED) is 0.0953. The van der Waals surface area contributed by atoms with Crippen LogP contribution in [0.15, 0.2) is 430 Å². The molecule has 7 heterocycles. The molecule has 0 saturated heterocycles. The zero-order chi connectivity index (χ0) is 101. The maximum atomic E-state index is 9.08. The Bertz CT molecular complexity index is 9400. The molecule has 0 radical (unpaired) electrons. The largest absolute Gasteiger partial charge is 0.309 e. The van der Waals surface area contributed by atoms with Crippen LogP contribution < -0.4 is 0 Å². The van der Waals surface area contributed by atoms with Gasteiger partial charge in [0.05, 0.1) is 65.0 Å². The van der Waals surface area contributed by atoms with E-state index in [4.69, 9.17) is 80.4 Å². The lowest BCUT2D eigenvalue weighted by Gasteiger charge is -2.21. The summed E-state index contributed by atoms with van der Waals surface area (Å²) in [5, 5.41) is 5.65. The number of rotatable bonds is 15. The van der Waals surface area contributed by atoms with E-state index in [0.717, 1.165) is 93.5 Å². The van der Waals surface area contributed by atoms with E-state index < -0.39 is 78.6 Å². The Morgan fingerprint density at radius 2 is 0.485 bits per heavy atom. The number of para-hydroxylation sites is 4. The third-order valence-corrected chi connectivity index (χ3v) is 24.2. The molecule has 0 saturated carbocycles. The van der Waals surface area contributed by atoms with Gasteiger partial charge in [0, 0.05) is 110 Å². The molecular weight excluding hydrogens is 1620 g/mol. The molecule has 620 valence electrons. The molecule has 24 aromatic rings. The molecule has 7 aromatic heterocycles. The van der Waals surface area contributed by atoms with Crippen LogP contribution in [0.3, 0.4) is 0 Å². The second-order valence-electron chi connectivity index (χ2n) is 32.3. The Balaban J connectivity index is 0.000000157. The van der Waals surface area contributed by atoms with E-state index in [0.29, 0.717) is 85.0 Å². The highest BCUT2D eigenvalue weighted by Crippen LogP contribution is 2.54. The first-order valence-electron chi connectivity index (χ1n) is 50.4. The van der Waals surface area contributed by atoms with E-state index in [1.807, 2.05) is 249 Å². The van der Waals surface area contributed by atoms with Crippen LogP contribution in [-0.4, -0.2) is 73.5 Å². The molecule has 17 aromatic carbocycles. The summed E-state index contributed by atoms with van der Waals surface area (Å²) in [6, 6.07) is 103. The highest BCUT2D eigenvalue weighted by Gasteiger charge is 2.38. The van der Waals surface area contributed by atoms with Crippen LogP contribution in [-0.2, 0) is 5.41 Å². The average molecular weight is 1710 g/mol. The third-order valence-electron chi connectivity index (χ3n) is 24.2. The van der Waals surface area contributed by atoms with Crippen molar-refractivity contribution in [1.82, 2.24) is 73.5 Å². The Morgan fingerprint density at radius 1 is 0.205 bits per heavy atom. The SMILES string of the molecule is [2H]c1c([2H])c([2H])c(-c2nc(-c3ccccc3)nc(-c3ccc(-n4c5ccccc5c5c6c(ccc54)C(C)(C)c4ccccc4-6)c(-c4nc(-c5ccccc5)nc(-c5c([2H])c([2H])c([2H])c([2H])c5[2H])n4)c3)n2)c([2H])c1[2H].[2H]c1c([2H])c([2H])c(-n2c3ccccc3c3c4c5ccccc5n(-c5ccc(-c6nc(-c7ccccc7)nc(-c7ccccc7)n6)cc5-c5nc(-c6ccccc6)nc(-c6ccccc6)n5)c4ccc32)c([2H])c1[2H]. The minimum atomic E-state index is -0.560. The van der Waals surface area contributed by atoms with Gasteiger partial charge in [-0.1, -0.05) is 359 Å². The van der Waals surface area contributed by atoms with Crippen molar-refractivity contribution in [2.45, 2.75) is 19.3 Å². The van der Waals surface area contributed by atoms with Crippen LogP contribution in [0.1, 0.15) is 45.5 Å². The van der Waals surface area contributed by atoms with Gasteiger partial charge in [-0.2, -0.15) is 0 Å². The fourth-order valence-electron chi connectivity index (χ4n) is 18.2. The van der Waals surface area contributed by atoms with E-state index in [2.05, 4.69) is 95.8 Å². The number of hydrogen-bond donors (Lipinski definition) is 0. The highest BCUT2D eigenvalue weighted by molar-refractivity contribution is 6.29. The molecule has 1 aliphatic carbocycles. The van der Waals surface area contributed by atoms with Gasteiger partial charge in [0.2, 0.25) is 0 Å².